The SMILES string of the molecule is NC(=O)C1(c2cc3cc[nH]c(=O)c3cn2)CC1. The second kappa shape index (κ2) is 3.16. The van der Waals surface area contributed by atoms with Crippen molar-refractivity contribution in [1.82, 2.24) is 9.97 Å². The average Bonchev–Trinajstić information content (AvgIpc) is 3.10. The van der Waals surface area contributed by atoms with Gasteiger partial charge in [0.2, 0.25) is 5.91 Å². The van der Waals surface area contributed by atoms with Crippen LogP contribution in [0, 0.1) is 0 Å². The van der Waals surface area contributed by atoms with Gasteiger partial charge in [0.25, 0.3) is 5.56 Å². The first-order chi connectivity index (χ1) is 8.13. The highest BCUT2D eigenvalue weighted by Crippen LogP contribution is 2.47. The number of nitrogens with one attached hydrogen (secondary N) is 1. The third-order valence-corrected chi connectivity index (χ3v) is 3.37. The second-order valence-electron chi connectivity index (χ2n) is 4.41. The molecule has 5 nitrogen and oxygen atoms in total. The molecule has 5 heteroatoms. The molecule has 0 radical (unpaired) electrons. The van der Waals surface area contributed by atoms with Gasteiger partial charge in [-0.1, -0.05) is 0 Å². The number of H-pyrrole nitrogens is 1. The van der Waals surface area contributed by atoms with Crippen LogP contribution in [0.25, 0.3) is 10.8 Å². The van der Waals surface area contributed by atoms with Crippen molar-refractivity contribution in [3.63, 3.8) is 0 Å². The molecule has 1 aliphatic carbocycles. The number of aromatic nitrogens is 2. The summed E-state index contributed by atoms with van der Waals surface area (Å²) in [5.41, 5.74) is 5.29. The fourth-order valence-corrected chi connectivity index (χ4v) is 2.10. The molecular formula is C12H11N3O2. The van der Waals surface area contributed by atoms with Crippen LogP contribution in [0.4, 0.5) is 0 Å². The summed E-state index contributed by atoms with van der Waals surface area (Å²) < 4.78 is 0. The van der Waals surface area contributed by atoms with E-state index in [1.54, 1.807) is 18.3 Å². The molecule has 0 aliphatic heterocycles. The molecule has 17 heavy (non-hydrogen) atoms. The van der Waals surface area contributed by atoms with E-state index < -0.39 is 5.41 Å². The van der Waals surface area contributed by atoms with E-state index in [-0.39, 0.29) is 11.5 Å². The van der Waals surface area contributed by atoms with Gasteiger partial charge < -0.3 is 10.7 Å². The summed E-state index contributed by atoms with van der Waals surface area (Å²) in [5.74, 6) is -0.339. The molecule has 2 aromatic heterocycles. The van der Waals surface area contributed by atoms with Crippen LogP contribution in [-0.2, 0) is 10.2 Å². The standard InChI is InChI=1S/C12H11N3O2/c13-11(17)12(2-3-12)9-5-7-1-4-14-10(16)8(7)6-15-9/h1,4-6H,2-3H2,(H2,13,17)(H,14,16). The smallest absolute Gasteiger partial charge is 0.257 e. The molecule has 86 valence electrons. The Bertz CT molecular complexity index is 671. The molecular weight excluding hydrogens is 218 g/mol. The minimum atomic E-state index is -0.600. The van der Waals surface area contributed by atoms with Gasteiger partial charge in [-0.05, 0) is 30.4 Å². The van der Waals surface area contributed by atoms with Crippen LogP contribution in [0.3, 0.4) is 0 Å². The van der Waals surface area contributed by atoms with Crippen LogP contribution in [0.5, 0.6) is 0 Å². The minimum Gasteiger partial charge on any atom is -0.369 e. The molecule has 2 heterocycles. The molecule has 3 rings (SSSR count). The lowest BCUT2D eigenvalue weighted by molar-refractivity contribution is -0.120. The van der Waals surface area contributed by atoms with E-state index >= 15 is 0 Å². The molecule has 0 aromatic carbocycles. The van der Waals surface area contributed by atoms with Crippen LogP contribution in [0.2, 0.25) is 0 Å². The molecule has 3 N–H and O–H groups in total. The molecule has 2 aromatic rings. The zero-order valence-corrected chi connectivity index (χ0v) is 9.06. The molecule has 1 amide bonds. The van der Waals surface area contributed by atoms with E-state index in [1.807, 2.05) is 0 Å². The number of hydrogen-bond donors (Lipinski definition) is 2. The number of fused-ring (bicyclic) bond motifs is 1. The lowest BCUT2D eigenvalue weighted by Crippen LogP contribution is -2.29. The number of hydrogen-bond acceptors (Lipinski definition) is 3. The highest BCUT2D eigenvalue weighted by atomic mass is 16.1. The number of amides is 1. The predicted octanol–water partition coefficient (Wildman–Crippen LogP) is 0.440. The minimum absolute atomic E-state index is 0.175. The van der Waals surface area contributed by atoms with Crippen molar-refractivity contribution >= 4 is 16.7 Å². The zero-order chi connectivity index (χ0) is 12.0. The number of primary amides is 1. The summed E-state index contributed by atoms with van der Waals surface area (Å²) in [5, 5.41) is 1.31. The van der Waals surface area contributed by atoms with E-state index in [9.17, 15) is 9.59 Å². The van der Waals surface area contributed by atoms with Crippen LogP contribution in [0.1, 0.15) is 18.5 Å². The number of rotatable bonds is 2. The molecule has 1 saturated carbocycles. The lowest BCUT2D eigenvalue weighted by Gasteiger charge is -2.10. The summed E-state index contributed by atoms with van der Waals surface area (Å²) in [6.07, 6.45) is 4.57. The Morgan fingerprint density at radius 1 is 1.47 bits per heavy atom. The number of carbonyl (C=O) groups excluding carboxylic acids is 1. The summed E-state index contributed by atoms with van der Waals surface area (Å²) in [6, 6.07) is 3.57. The van der Waals surface area contributed by atoms with Crippen LogP contribution in [0.15, 0.2) is 29.3 Å². The van der Waals surface area contributed by atoms with Gasteiger partial charge in [0.1, 0.15) is 0 Å². The summed E-state index contributed by atoms with van der Waals surface area (Å²) in [6.45, 7) is 0. The van der Waals surface area contributed by atoms with E-state index in [4.69, 9.17) is 5.73 Å². The third-order valence-electron chi connectivity index (χ3n) is 3.37. The number of carbonyl (C=O) groups is 1. The Morgan fingerprint density at radius 3 is 2.88 bits per heavy atom. The molecule has 0 atom stereocenters. The number of nitrogens with zero attached hydrogens (tertiary/aromatic N) is 1. The van der Waals surface area contributed by atoms with E-state index in [2.05, 4.69) is 9.97 Å². The van der Waals surface area contributed by atoms with Crippen molar-refractivity contribution in [1.29, 1.82) is 0 Å². The quantitative estimate of drug-likeness (QED) is 0.783. The first-order valence-electron chi connectivity index (χ1n) is 5.41. The van der Waals surface area contributed by atoms with Crippen molar-refractivity contribution in [2.24, 2.45) is 5.73 Å². The van der Waals surface area contributed by atoms with E-state index in [0.717, 1.165) is 18.2 Å². The zero-order valence-electron chi connectivity index (χ0n) is 9.06. The average molecular weight is 229 g/mol. The highest BCUT2D eigenvalue weighted by molar-refractivity contribution is 5.91. The normalized spacial score (nSPS) is 16.9. The second-order valence-corrected chi connectivity index (χ2v) is 4.41. The molecule has 0 unspecified atom stereocenters. The summed E-state index contributed by atoms with van der Waals surface area (Å²) >= 11 is 0. The maximum atomic E-state index is 11.5. The van der Waals surface area contributed by atoms with Gasteiger partial charge in [-0.25, -0.2) is 0 Å². The molecule has 0 bridgehead atoms. The molecule has 0 spiro atoms. The maximum absolute atomic E-state index is 11.5. The Balaban J connectivity index is 2.22. The maximum Gasteiger partial charge on any atom is 0.257 e. The van der Waals surface area contributed by atoms with E-state index in [0.29, 0.717) is 11.1 Å². The monoisotopic (exact) mass is 229 g/mol. The van der Waals surface area contributed by atoms with Crippen LogP contribution >= 0.6 is 0 Å². The first-order valence-corrected chi connectivity index (χ1v) is 5.41. The van der Waals surface area contributed by atoms with Gasteiger partial charge >= 0.3 is 0 Å². The Labute approximate surface area is 96.7 Å². The Morgan fingerprint density at radius 2 is 2.24 bits per heavy atom. The number of pyridine rings is 2. The largest absolute Gasteiger partial charge is 0.369 e. The van der Waals surface area contributed by atoms with Gasteiger partial charge in [0.05, 0.1) is 16.5 Å². The van der Waals surface area contributed by atoms with Crippen molar-refractivity contribution < 1.29 is 4.79 Å². The summed E-state index contributed by atoms with van der Waals surface area (Å²) in [7, 11) is 0. The van der Waals surface area contributed by atoms with Crippen molar-refractivity contribution in [3.8, 4) is 0 Å². The van der Waals surface area contributed by atoms with E-state index in [1.165, 1.54) is 6.20 Å². The molecule has 1 aliphatic rings. The van der Waals surface area contributed by atoms with Gasteiger partial charge in [0.15, 0.2) is 0 Å². The first kappa shape index (κ1) is 10.0. The van der Waals surface area contributed by atoms with Crippen molar-refractivity contribution in [2.45, 2.75) is 18.3 Å². The van der Waals surface area contributed by atoms with Crippen LogP contribution < -0.4 is 11.3 Å². The number of aromatic amines is 1. The van der Waals surface area contributed by atoms with Gasteiger partial charge in [-0.15, -0.1) is 0 Å². The predicted molar refractivity (Wildman–Crippen MR) is 62.5 cm³/mol. The summed E-state index contributed by atoms with van der Waals surface area (Å²) in [4.78, 5) is 29.7. The van der Waals surface area contributed by atoms with Crippen LogP contribution in [-0.4, -0.2) is 15.9 Å². The molecule has 0 saturated heterocycles. The van der Waals surface area contributed by atoms with Gasteiger partial charge in [0, 0.05) is 12.4 Å². The van der Waals surface area contributed by atoms with Gasteiger partial charge in [-0.2, -0.15) is 0 Å². The third kappa shape index (κ3) is 1.35. The fourth-order valence-electron chi connectivity index (χ4n) is 2.10. The van der Waals surface area contributed by atoms with Crippen molar-refractivity contribution in [2.75, 3.05) is 0 Å². The molecule has 1 fully saturated rings. The Kier molecular flexibility index (Phi) is 1.86. The topological polar surface area (TPSA) is 88.8 Å². The number of nitrogens with two attached hydrogens (primary N) is 1. The lowest BCUT2D eigenvalue weighted by atomic mass is 9.99. The highest BCUT2D eigenvalue weighted by Gasteiger charge is 2.51. The fraction of sp³-hybridized carbons (Fsp3) is 0.250. The van der Waals surface area contributed by atoms with Gasteiger partial charge in [-0.3, -0.25) is 14.6 Å². The Hall–Kier alpha value is -2.17. The van der Waals surface area contributed by atoms with Crippen molar-refractivity contribution in [3.05, 3.63) is 40.6 Å².